The van der Waals surface area contributed by atoms with Gasteiger partial charge in [0.05, 0.1) is 0 Å². The molecule has 0 aliphatic carbocycles. The van der Waals surface area contributed by atoms with E-state index in [0.717, 1.165) is 11.3 Å². The second kappa shape index (κ2) is 7.07. The van der Waals surface area contributed by atoms with Gasteiger partial charge in [-0.05, 0) is 24.6 Å². The first-order valence-electron chi connectivity index (χ1n) is 5.56. The summed E-state index contributed by atoms with van der Waals surface area (Å²) in [6.07, 6.45) is 0. The van der Waals surface area contributed by atoms with Crippen LogP contribution in [0.5, 0.6) is 0 Å². The van der Waals surface area contributed by atoms with Crippen LogP contribution in [0.2, 0.25) is 0 Å². The van der Waals surface area contributed by atoms with Crippen molar-refractivity contribution in [2.24, 2.45) is 10.7 Å². The maximum absolute atomic E-state index is 5.76. The third-order valence-electron chi connectivity index (χ3n) is 2.25. The molecule has 0 atom stereocenters. The molecule has 0 amide bonds. The lowest BCUT2D eigenvalue weighted by molar-refractivity contribution is 0.387. The van der Waals surface area contributed by atoms with Gasteiger partial charge in [0.15, 0.2) is 11.8 Å². The fourth-order valence-corrected chi connectivity index (χ4v) is 1.47. The van der Waals surface area contributed by atoms with Crippen LogP contribution in [-0.2, 0) is 6.54 Å². The molecular formula is C12H16IN5O. The van der Waals surface area contributed by atoms with Gasteiger partial charge in [-0.1, -0.05) is 17.3 Å². The molecule has 1 heterocycles. The number of nitrogens with zero attached hydrogens (tertiary/aromatic N) is 3. The molecule has 0 saturated heterocycles. The predicted octanol–water partition coefficient (Wildman–Crippen LogP) is 2.23. The summed E-state index contributed by atoms with van der Waals surface area (Å²) in [5.74, 6) is 1.36. The predicted molar refractivity (Wildman–Crippen MR) is 84.6 cm³/mol. The molecule has 0 bridgehead atoms. The van der Waals surface area contributed by atoms with Crippen molar-refractivity contribution in [2.75, 3.05) is 5.32 Å². The molecule has 2 rings (SSSR count). The summed E-state index contributed by atoms with van der Waals surface area (Å²) >= 11 is 0. The highest BCUT2D eigenvalue weighted by molar-refractivity contribution is 14.0. The molecule has 0 spiro atoms. The van der Waals surface area contributed by atoms with Crippen LogP contribution in [0.1, 0.15) is 17.3 Å². The molecule has 0 aliphatic rings. The molecule has 0 fully saturated rings. The first-order valence-corrected chi connectivity index (χ1v) is 5.56. The Hall–Kier alpha value is -1.64. The molecule has 0 unspecified atom stereocenters. The zero-order chi connectivity index (χ0) is 13.0. The summed E-state index contributed by atoms with van der Waals surface area (Å²) in [6, 6.07) is 7.88. The van der Waals surface area contributed by atoms with Crippen LogP contribution in [0.4, 0.5) is 5.69 Å². The second-order valence-corrected chi connectivity index (χ2v) is 3.93. The average Bonchev–Trinajstić information content (AvgIpc) is 2.73. The monoisotopic (exact) mass is 373 g/mol. The molecule has 1 aromatic carbocycles. The van der Waals surface area contributed by atoms with Crippen LogP contribution in [0.25, 0.3) is 0 Å². The Bertz CT molecular complexity index is 567. The van der Waals surface area contributed by atoms with Crippen LogP contribution in [0.15, 0.2) is 33.8 Å². The van der Waals surface area contributed by atoms with Crippen LogP contribution in [-0.4, -0.2) is 16.1 Å². The zero-order valence-corrected chi connectivity index (χ0v) is 13.1. The highest BCUT2D eigenvalue weighted by Gasteiger charge is 2.01. The molecule has 2 aromatic rings. The van der Waals surface area contributed by atoms with Gasteiger partial charge in [0.25, 0.3) is 0 Å². The van der Waals surface area contributed by atoms with E-state index < -0.39 is 0 Å². The fraction of sp³-hybridized carbons (Fsp3) is 0.250. The summed E-state index contributed by atoms with van der Waals surface area (Å²) in [7, 11) is 0. The lowest BCUT2D eigenvalue weighted by Gasteiger charge is -2.05. The minimum absolute atomic E-state index is 0. The lowest BCUT2D eigenvalue weighted by Crippen LogP contribution is -2.22. The van der Waals surface area contributed by atoms with Crippen molar-refractivity contribution in [2.45, 2.75) is 20.4 Å². The van der Waals surface area contributed by atoms with E-state index in [1.165, 1.54) is 0 Å². The highest BCUT2D eigenvalue weighted by atomic mass is 127. The Morgan fingerprint density at radius 3 is 2.84 bits per heavy atom. The number of hydrogen-bond acceptors (Lipinski definition) is 4. The Balaban J connectivity index is 0.00000180. The summed E-state index contributed by atoms with van der Waals surface area (Å²) in [5.41, 5.74) is 7.82. The molecule has 0 radical (unpaired) electrons. The molecule has 0 saturated carbocycles. The molecular weight excluding hydrogens is 357 g/mol. The number of nitrogens with two attached hydrogens (primary N) is 1. The van der Waals surface area contributed by atoms with E-state index >= 15 is 0 Å². The molecule has 1 aromatic heterocycles. The van der Waals surface area contributed by atoms with E-state index in [2.05, 4.69) is 20.4 Å². The number of rotatable bonds is 3. The molecule has 3 N–H and O–H groups in total. The number of hydrogen-bond donors (Lipinski definition) is 2. The average molecular weight is 373 g/mol. The minimum Gasteiger partial charge on any atom is -0.370 e. The van der Waals surface area contributed by atoms with Gasteiger partial charge in [0, 0.05) is 12.6 Å². The smallest absolute Gasteiger partial charge is 0.223 e. The largest absolute Gasteiger partial charge is 0.370 e. The summed E-state index contributed by atoms with van der Waals surface area (Å²) in [5, 5.41) is 6.73. The maximum Gasteiger partial charge on any atom is 0.223 e. The lowest BCUT2D eigenvalue weighted by atomic mass is 10.2. The van der Waals surface area contributed by atoms with Gasteiger partial charge in [0.1, 0.15) is 6.54 Å². The Morgan fingerprint density at radius 1 is 1.42 bits per heavy atom. The minimum atomic E-state index is 0. The van der Waals surface area contributed by atoms with Gasteiger partial charge in [-0.15, -0.1) is 24.0 Å². The summed E-state index contributed by atoms with van der Waals surface area (Å²) in [4.78, 5) is 8.17. The van der Waals surface area contributed by atoms with E-state index in [0.29, 0.717) is 24.2 Å². The van der Waals surface area contributed by atoms with Crippen LogP contribution in [0.3, 0.4) is 0 Å². The highest BCUT2D eigenvalue weighted by Crippen LogP contribution is 2.08. The van der Waals surface area contributed by atoms with Crippen molar-refractivity contribution in [3.8, 4) is 0 Å². The molecule has 7 heteroatoms. The van der Waals surface area contributed by atoms with Gasteiger partial charge < -0.3 is 15.6 Å². The van der Waals surface area contributed by atoms with Crippen molar-refractivity contribution >= 4 is 35.6 Å². The van der Waals surface area contributed by atoms with Crippen LogP contribution in [0, 0.1) is 13.8 Å². The Labute approximate surface area is 128 Å². The van der Waals surface area contributed by atoms with Crippen LogP contribution >= 0.6 is 24.0 Å². The molecule has 6 nitrogen and oxygen atoms in total. The normalized spacial score (nSPS) is 10.9. The third-order valence-corrected chi connectivity index (χ3v) is 2.25. The van der Waals surface area contributed by atoms with E-state index in [4.69, 9.17) is 10.3 Å². The van der Waals surface area contributed by atoms with E-state index in [1.807, 2.05) is 31.2 Å². The van der Waals surface area contributed by atoms with Gasteiger partial charge in [-0.25, -0.2) is 4.99 Å². The first kappa shape index (κ1) is 15.4. The van der Waals surface area contributed by atoms with E-state index in [1.54, 1.807) is 6.92 Å². The number of aliphatic imine (C=N–C) groups is 1. The van der Waals surface area contributed by atoms with Crippen molar-refractivity contribution in [3.05, 3.63) is 41.5 Å². The maximum atomic E-state index is 5.76. The van der Waals surface area contributed by atoms with Crippen molar-refractivity contribution in [1.29, 1.82) is 0 Å². The van der Waals surface area contributed by atoms with Gasteiger partial charge >= 0.3 is 0 Å². The van der Waals surface area contributed by atoms with Gasteiger partial charge in [-0.2, -0.15) is 4.98 Å². The number of nitrogens with one attached hydrogen (secondary N) is 1. The van der Waals surface area contributed by atoms with Crippen LogP contribution < -0.4 is 11.1 Å². The summed E-state index contributed by atoms with van der Waals surface area (Å²) in [6.45, 7) is 4.04. The van der Waals surface area contributed by atoms with E-state index in [-0.39, 0.29) is 24.0 Å². The number of anilines is 1. The number of halogens is 1. The van der Waals surface area contributed by atoms with Crippen molar-refractivity contribution in [3.63, 3.8) is 0 Å². The van der Waals surface area contributed by atoms with Crippen molar-refractivity contribution < 1.29 is 4.52 Å². The second-order valence-electron chi connectivity index (χ2n) is 3.93. The van der Waals surface area contributed by atoms with Gasteiger partial charge in [-0.3, -0.25) is 0 Å². The topological polar surface area (TPSA) is 89.3 Å². The molecule has 0 aliphatic heterocycles. The standard InChI is InChI=1S/C12H15N5O.HI/c1-8-4-3-5-10(6-8)16-12(13)14-7-11-15-9(2)18-17-11;/h3-6H,7H2,1-2H3,(H3,13,14,16);1H. The fourth-order valence-electron chi connectivity index (χ4n) is 1.47. The number of aryl methyl sites for hydroxylation is 2. The van der Waals surface area contributed by atoms with Crippen molar-refractivity contribution in [1.82, 2.24) is 10.1 Å². The number of aromatic nitrogens is 2. The summed E-state index contributed by atoms with van der Waals surface area (Å²) < 4.78 is 4.84. The third kappa shape index (κ3) is 4.86. The Morgan fingerprint density at radius 2 is 2.21 bits per heavy atom. The zero-order valence-electron chi connectivity index (χ0n) is 10.8. The SMILES string of the molecule is Cc1cccc(NC(N)=NCc2noc(C)n2)c1.I. The number of benzene rings is 1. The molecule has 19 heavy (non-hydrogen) atoms. The van der Waals surface area contributed by atoms with Gasteiger partial charge in [0.2, 0.25) is 5.89 Å². The van der Waals surface area contributed by atoms with E-state index in [9.17, 15) is 0 Å². The number of guanidine groups is 1. The molecule has 102 valence electrons. The Kier molecular flexibility index (Phi) is 5.74. The first-order chi connectivity index (χ1) is 8.63. The quantitative estimate of drug-likeness (QED) is 0.489.